The topological polar surface area (TPSA) is 17.8 Å². The van der Waals surface area contributed by atoms with E-state index in [1.807, 2.05) is 25.4 Å². The highest BCUT2D eigenvalue weighted by Gasteiger charge is 2.04. The van der Waals surface area contributed by atoms with Crippen molar-refractivity contribution >= 4 is 23.4 Å². The first kappa shape index (κ1) is 12.5. The number of rotatable bonds is 4. The zero-order chi connectivity index (χ0) is 12.3. The number of aromatic nitrogens is 2. The summed E-state index contributed by atoms with van der Waals surface area (Å²) in [5, 5.41) is 0.830. The molecule has 0 aliphatic carbocycles. The number of imidazole rings is 1. The minimum Gasteiger partial charge on any atom is -0.331 e. The molecule has 2 rings (SSSR count). The summed E-state index contributed by atoms with van der Waals surface area (Å²) in [5.74, 6) is 2.07. The average molecular weight is 267 g/mol. The van der Waals surface area contributed by atoms with Crippen LogP contribution in [0.3, 0.4) is 0 Å². The molecule has 0 radical (unpaired) electrons. The van der Waals surface area contributed by atoms with Gasteiger partial charge in [-0.1, -0.05) is 24.6 Å². The van der Waals surface area contributed by atoms with Crippen LogP contribution < -0.4 is 0 Å². The molecule has 0 aliphatic heterocycles. The Kier molecular flexibility index (Phi) is 4.13. The fourth-order valence-corrected chi connectivity index (χ4v) is 2.67. The number of benzene rings is 1. The van der Waals surface area contributed by atoms with E-state index in [4.69, 9.17) is 11.6 Å². The molecule has 1 aromatic heterocycles. The summed E-state index contributed by atoms with van der Waals surface area (Å²) in [6, 6.07) is 6.26. The highest BCUT2D eigenvalue weighted by atomic mass is 35.5. The zero-order valence-electron chi connectivity index (χ0n) is 9.98. The van der Waals surface area contributed by atoms with Gasteiger partial charge in [-0.2, -0.15) is 0 Å². The van der Waals surface area contributed by atoms with Crippen molar-refractivity contribution in [2.75, 3.05) is 5.75 Å². The van der Waals surface area contributed by atoms with Gasteiger partial charge in [-0.3, -0.25) is 0 Å². The summed E-state index contributed by atoms with van der Waals surface area (Å²) in [6.07, 6.45) is 3.78. The van der Waals surface area contributed by atoms with Gasteiger partial charge >= 0.3 is 0 Å². The summed E-state index contributed by atoms with van der Waals surface area (Å²) in [4.78, 5) is 5.43. The third-order valence-corrected chi connectivity index (χ3v) is 3.83. The molecule has 1 heterocycles. The van der Waals surface area contributed by atoms with Gasteiger partial charge in [0, 0.05) is 22.3 Å². The van der Waals surface area contributed by atoms with Crippen molar-refractivity contribution in [3.63, 3.8) is 0 Å². The Morgan fingerprint density at radius 3 is 2.82 bits per heavy atom. The molecule has 0 unspecified atom stereocenters. The van der Waals surface area contributed by atoms with Gasteiger partial charge < -0.3 is 4.57 Å². The van der Waals surface area contributed by atoms with Crippen LogP contribution in [0.1, 0.15) is 18.3 Å². The molecule has 2 aromatic rings. The standard InChI is InChI=1S/C13H15ClN2S/c1-3-17-12-5-4-11(13(14)8-12)9-16-7-6-15-10(16)2/h4-8H,3,9H2,1-2H3. The molecule has 4 heteroatoms. The second kappa shape index (κ2) is 5.61. The Morgan fingerprint density at radius 2 is 2.24 bits per heavy atom. The number of halogens is 1. The predicted octanol–water partition coefficient (Wildman–Crippen LogP) is 4.01. The van der Waals surface area contributed by atoms with E-state index >= 15 is 0 Å². The van der Waals surface area contributed by atoms with E-state index in [1.54, 1.807) is 11.8 Å². The van der Waals surface area contributed by atoms with Crippen LogP contribution in [0.4, 0.5) is 0 Å². The maximum Gasteiger partial charge on any atom is 0.105 e. The average Bonchev–Trinajstić information content (AvgIpc) is 2.69. The SMILES string of the molecule is CCSc1ccc(Cn2ccnc2C)c(Cl)c1. The van der Waals surface area contributed by atoms with E-state index in [2.05, 4.69) is 28.6 Å². The van der Waals surface area contributed by atoms with Crippen LogP contribution in [0.2, 0.25) is 5.02 Å². The van der Waals surface area contributed by atoms with Gasteiger partial charge in [0.05, 0.1) is 6.54 Å². The van der Waals surface area contributed by atoms with E-state index in [0.717, 1.165) is 28.7 Å². The van der Waals surface area contributed by atoms with Crippen molar-refractivity contribution in [3.8, 4) is 0 Å². The lowest BCUT2D eigenvalue weighted by Gasteiger charge is -2.08. The smallest absolute Gasteiger partial charge is 0.105 e. The normalized spacial score (nSPS) is 10.8. The number of aryl methyl sites for hydroxylation is 1. The van der Waals surface area contributed by atoms with Gasteiger partial charge in [0.25, 0.3) is 0 Å². The minimum atomic E-state index is 0.780. The molecule has 0 fully saturated rings. The van der Waals surface area contributed by atoms with E-state index in [0.29, 0.717) is 0 Å². The fourth-order valence-electron chi connectivity index (χ4n) is 1.67. The zero-order valence-corrected chi connectivity index (χ0v) is 11.6. The lowest BCUT2D eigenvalue weighted by Crippen LogP contribution is -2.01. The quantitative estimate of drug-likeness (QED) is 0.779. The van der Waals surface area contributed by atoms with Crippen LogP contribution in [0.25, 0.3) is 0 Å². The molecule has 90 valence electrons. The van der Waals surface area contributed by atoms with E-state index in [-0.39, 0.29) is 0 Å². The van der Waals surface area contributed by atoms with Crippen LogP contribution in [0.15, 0.2) is 35.5 Å². The van der Waals surface area contributed by atoms with E-state index in [1.165, 1.54) is 4.90 Å². The van der Waals surface area contributed by atoms with Crippen molar-refractivity contribution in [2.24, 2.45) is 0 Å². The van der Waals surface area contributed by atoms with Crippen molar-refractivity contribution < 1.29 is 0 Å². The van der Waals surface area contributed by atoms with Gasteiger partial charge in [-0.05, 0) is 30.4 Å². The van der Waals surface area contributed by atoms with Gasteiger partial charge in [-0.15, -0.1) is 11.8 Å². The lowest BCUT2D eigenvalue weighted by molar-refractivity contribution is 0.761. The summed E-state index contributed by atoms with van der Waals surface area (Å²) in [5.41, 5.74) is 1.13. The van der Waals surface area contributed by atoms with E-state index in [9.17, 15) is 0 Å². The molecule has 0 N–H and O–H groups in total. The Morgan fingerprint density at radius 1 is 1.41 bits per heavy atom. The Labute approximate surface area is 111 Å². The summed E-state index contributed by atoms with van der Waals surface area (Å²) in [7, 11) is 0. The third kappa shape index (κ3) is 3.05. The molecule has 0 amide bonds. The molecule has 17 heavy (non-hydrogen) atoms. The van der Waals surface area contributed by atoms with Crippen molar-refractivity contribution in [2.45, 2.75) is 25.3 Å². The van der Waals surface area contributed by atoms with Gasteiger partial charge in [0.1, 0.15) is 5.82 Å². The summed E-state index contributed by atoms with van der Waals surface area (Å²) < 4.78 is 2.09. The second-order valence-corrected chi connectivity index (χ2v) is 5.53. The van der Waals surface area contributed by atoms with Crippen molar-refractivity contribution in [1.82, 2.24) is 9.55 Å². The lowest BCUT2D eigenvalue weighted by atomic mass is 10.2. The van der Waals surface area contributed by atoms with Crippen molar-refractivity contribution in [1.29, 1.82) is 0 Å². The second-order valence-electron chi connectivity index (χ2n) is 3.79. The number of hydrogen-bond donors (Lipinski definition) is 0. The van der Waals surface area contributed by atoms with Gasteiger partial charge in [0.15, 0.2) is 0 Å². The highest BCUT2D eigenvalue weighted by Crippen LogP contribution is 2.25. The minimum absolute atomic E-state index is 0.780. The molecule has 1 aromatic carbocycles. The molecule has 0 saturated heterocycles. The molecule has 0 atom stereocenters. The monoisotopic (exact) mass is 266 g/mol. The molecule has 0 saturated carbocycles. The molecule has 2 nitrogen and oxygen atoms in total. The number of hydrogen-bond acceptors (Lipinski definition) is 2. The largest absolute Gasteiger partial charge is 0.331 e. The maximum absolute atomic E-state index is 6.29. The predicted molar refractivity (Wildman–Crippen MR) is 73.9 cm³/mol. The van der Waals surface area contributed by atoms with Crippen LogP contribution in [0.5, 0.6) is 0 Å². The van der Waals surface area contributed by atoms with Crippen LogP contribution in [0, 0.1) is 6.92 Å². The highest BCUT2D eigenvalue weighted by molar-refractivity contribution is 7.99. The Hall–Kier alpha value is -0.930. The summed E-state index contributed by atoms with van der Waals surface area (Å²) in [6.45, 7) is 4.91. The molecular formula is C13H15ClN2S. The molecular weight excluding hydrogens is 252 g/mol. The fraction of sp³-hybridized carbons (Fsp3) is 0.308. The number of nitrogens with zero attached hydrogens (tertiary/aromatic N) is 2. The Bertz CT molecular complexity index is 508. The first-order valence-corrected chi connectivity index (χ1v) is 6.96. The molecule has 0 aliphatic rings. The van der Waals surface area contributed by atoms with Gasteiger partial charge in [0.2, 0.25) is 0 Å². The first-order valence-electron chi connectivity index (χ1n) is 5.59. The van der Waals surface area contributed by atoms with Crippen LogP contribution in [-0.2, 0) is 6.54 Å². The molecule has 0 spiro atoms. The van der Waals surface area contributed by atoms with Crippen molar-refractivity contribution in [3.05, 3.63) is 47.0 Å². The molecule has 0 bridgehead atoms. The maximum atomic E-state index is 6.29. The number of thioether (sulfide) groups is 1. The Balaban J connectivity index is 2.19. The third-order valence-electron chi connectivity index (χ3n) is 2.60. The van der Waals surface area contributed by atoms with Crippen LogP contribution >= 0.6 is 23.4 Å². The van der Waals surface area contributed by atoms with Gasteiger partial charge in [-0.25, -0.2) is 4.98 Å². The first-order chi connectivity index (χ1) is 8.20. The van der Waals surface area contributed by atoms with E-state index < -0.39 is 0 Å². The summed E-state index contributed by atoms with van der Waals surface area (Å²) >= 11 is 8.09. The van der Waals surface area contributed by atoms with Crippen LogP contribution in [-0.4, -0.2) is 15.3 Å².